The number of thiocarbonyl (C=S) groups is 1. The molecule has 1 aromatic heterocycles. The van der Waals surface area contributed by atoms with Gasteiger partial charge >= 0.3 is 5.97 Å². The van der Waals surface area contributed by atoms with E-state index < -0.39 is 5.97 Å². The molecule has 0 unspecified atom stereocenters. The second-order valence-corrected chi connectivity index (χ2v) is 9.92. The van der Waals surface area contributed by atoms with Crippen LogP contribution in [0.5, 0.6) is 5.75 Å². The van der Waals surface area contributed by atoms with Crippen molar-refractivity contribution in [3.05, 3.63) is 69.7 Å². The molecule has 3 aromatic rings. The Labute approximate surface area is 214 Å². The van der Waals surface area contributed by atoms with E-state index in [1.54, 1.807) is 17.9 Å². The van der Waals surface area contributed by atoms with Crippen molar-refractivity contribution < 1.29 is 19.4 Å². The maximum atomic E-state index is 13.0. The lowest BCUT2D eigenvalue weighted by molar-refractivity contribution is -0.137. The standard InChI is InChI=1S/C24H20BrN3O4S2/c1-32-19-10-9-15(12-18(19)25)22-16(14-28(26-22)17-6-3-2-4-7-17)13-20-23(31)27(24(33)34-20)11-5-8-21(29)30/h2-4,6-7,9-10,12-14H,5,8,11H2,1H3,(H,29,30)/b20-13-. The monoisotopic (exact) mass is 557 g/mol. The van der Waals surface area contributed by atoms with E-state index in [0.29, 0.717) is 27.1 Å². The number of para-hydroxylation sites is 1. The number of methoxy groups -OCH3 is 1. The number of aliphatic carboxylic acids is 1. The van der Waals surface area contributed by atoms with E-state index >= 15 is 0 Å². The number of ether oxygens (including phenoxy) is 1. The molecule has 174 valence electrons. The van der Waals surface area contributed by atoms with Gasteiger partial charge in [0.2, 0.25) is 0 Å². The number of carboxylic acids is 1. The van der Waals surface area contributed by atoms with Gasteiger partial charge in [-0.05, 0) is 58.8 Å². The van der Waals surface area contributed by atoms with Crippen molar-refractivity contribution in [2.24, 2.45) is 0 Å². The van der Waals surface area contributed by atoms with E-state index in [0.717, 1.165) is 21.3 Å². The highest BCUT2D eigenvalue weighted by molar-refractivity contribution is 9.10. The molecule has 1 aliphatic rings. The Morgan fingerprint density at radius 2 is 2.03 bits per heavy atom. The third-order valence-corrected chi connectivity index (χ3v) is 7.12. The van der Waals surface area contributed by atoms with Gasteiger partial charge in [-0.1, -0.05) is 42.2 Å². The molecule has 1 N–H and O–H groups in total. The summed E-state index contributed by atoms with van der Waals surface area (Å²) in [6, 6.07) is 15.4. The normalized spacial score (nSPS) is 14.8. The van der Waals surface area contributed by atoms with Crippen LogP contribution in [0.25, 0.3) is 23.0 Å². The first-order valence-electron chi connectivity index (χ1n) is 10.3. The summed E-state index contributed by atoms with van der Waals surface area (Å²) >= 11 is 10.1. The van der Waals surface area contributed by atoms with E-state index in [9.17, 15) is 9.59 Å². The Balaban J connectivity index is 1.72. The number of nitrogens with zero attached hydrogens (tertiary/aromatic N) is 3. The fraction of sp³-hybridized carbons (Fsp3) is 0.167. The molecule has 0 spiro atoms. The lowest BCUT2D eigenvalue weighted by Crippen LogP contribution is -2.29. The first kappa shape index (κ1) is 24.2. The van der Waals surface area contributed by atoms with Crippen molar-refractivity contribution >= 4 is 62.2 Å². The molecule has 1 fully saturated rings. The minimum atomic E-state index is -0.899. The van der Waals surface area contributed by atoms with Crippen molar-refractivity contribution in [2.45, 2.75) is 12.8 Å². The summed E-state index contributed by atoms with van der Waals surface area (Å²) in [5.74, 6) is -0.422. The predicted octanol–water partition coefficient (Wildman–Crippen LogP) is 5.38. The van der Waals surface area contributed by atoms with Crippen LogP contribution in [-0.2, 0) is 9.59 Å². The number of halogens is 1. The van der Waals surface area contributed by atoms with Crippen molar-refractivity contribution in [1.82, 2.24) is 14.7 Å². The minimum absolute atomic E-state index is 0.0174. The van der Waals surface area contributed by atoms with Crippen LogP contribution >= 0.6 is 39.9 Å². The summed E-state index contributed by atoms with van der Waals surface area (Å²) < 4.78 is 8.33. The zero-order valence-corrected chi connectivity index (χ0v) is 21.3. The first-order chi connectivity index (χ1) is 16.4. The van der Waals surface area contributed by atoms with Gasteiger partial charge < -0.3 is 9.84 Å². The van der Waals surface area contributed by atoms with Gasteiger partial charge in [0.1, 0.15) is 15.8 Å². The summed E-state index contributed by atoms with van der Waals surface area (Å²) in [6.07, 6.45) is 3.98. The molecule has 34 heavy (non-hydrogen) atoms. The summed E-state index contributed by atoms with van der Waals surface area (Å²) in [7, 11) is 1.60. The maximum absolute atomic E-state index is 13.0. The molecule has 0 radical (unpaired) electrons. The third kappa shape index (κ3) is 5.24. The number of hydrogen-bond donors (Lipinski definition) is 1. The van der Waals surface area contributed by atoms with Gasteiger partial charge in [0.15, 0.2) is 0 Å². The van der Waals surface area contributed by atoms with Crippen molar-refractivity contribution in [3.8, 4) is 22.7 Å². The largest absolute Gasteiger partial charge is 0.496 e. The lowest BCUT2D eigenvalue weighted by Gasteiger charge is -2.13. The number of aromatic nitrogens is 2. The number of rotatable bonds is 8. The molecule has 2 heterocycles. The maximum Gasteiger partial charge on any atom is 0.303 e. The van der Waals surface area contributed by atoms with Crippen LogP contribution in [0, 0.1) is 0 Å². The van der Waals surface area contributed by atoms with Crippen molar-refractivity contribution in [3.63, 3.8) is 0 Å². The van der Waals surface area contributed by atoms with Crippen LogP contribution in [0.15, 0.2) is 64.1 Å². The van der Waals surface area contributed by atoms with Gasteiger partial charge in [-0.2, -0.15) is 5.10 Å². The first-order valence-corrected chi connectivity index (χ1v) is 12.4. The lowest BCUT2D eigenvalue weighted by atomic mass is 10.1. The molecule has 0 bridgehead atoms. The predicted molar refractivity (Wildman–Crippen MR) is 140 cm³/mol. The number of carbonyl (C=O) groups excluding carboxylic acids is 1. The van der Waals surface area contributed by atoms with E-state index in [2.05, 4.69) is 15.9 Å². The number of carboxylic acid groups (broad SMARTS) is 1. The van der Waals surface area contributed by atoms with Crippen LogP contribution in [-0.4, -0.2) is 49.6 Å². The molecular weight excluding hydrogens is 538 g/mol. The number of hydrogen-bond acceptors (Lipinski definition) is 6. The van der Waals surface area contributed by atoms with E-state index in [4.69, 9.17) is 27.2 Å². The topological polar surface area (TPSA) is 84.7 Å². The molecule has 0 saturated carbocycles. The highest BCUT2D eigenvalue weighted by Gasteiger charge is 2.32. The average molecular weight is 558 g/mol. The Kier molecular flexibility index (Phi) is 7.50. The zero-order valence-electron chi connectivity index (χ0n) is 18.1. The van der Waals surface area contributed by atoms with E-state index in [-0.39, 0.29) is 18.9 Å². The van der Waals surface area contributed by atoms with Gasteiger partial charge in [0.05, 0.1) is 22.2 Å². The number of amides is 1. The summed E-state index contributed by atoms with van der Waals surface area (Å²) in [5.41, 5.74) is 3.19. The van der Waals surface area contributed by atoms with Gasteiger partial charge in [-0.15, -0.1) is 0 Å². The highest BCUT2D eigenvalue weighted by atomic mass is 79.9. The van der Waals surface area contributed by atoms with Gasteiger partial charge in [0, 0.05) is 30.3 Å². The quantitative estimate of drug-likeness (QED) is 0.294. The van der Waals surface area contributed by atoms with Crippen molar-refractivity contribution in [1.29, 1.82) is 0 Å². The molecule has 4 rings (SSSR count). The van der Waals surface area contributed by atoms with Crippen LogP contribution < -0.4 is 4.74 Å². The Morgan fingerprint density at radius 3 is 2.71 bits per heavy atom. The fourth-order valence-corrected chi connectivity index (χ4v) is 5.31. The minimum Gasteiger partial charge on any atom is -0.496 e. The second kappa shape index (κ2) is 10.5. The van der Waals surface area contributed by atoms with Crippen LogP contribution in [0.2, 0.25) is 0 Å². The fourth-order valence-electron chi connectivity index (χ4n) is 3.47. The summed E-state index contributed by atoms with van der Waals surface area (Å²) in [4.78, 5) is 25.8. The molecule has 0 atom stereocenters. The van der Waals surface area contributed by atoms with Crippen LogP contribution in [0.3, 0.4) is 0 Å². The molecule has 1 aliphatic heterocycles. The van der Waals surface area contributed by atoms with Gasteiger partial charge in [-0.25, -0.2) is 4.68 Å². The summed E-state index contributed by atoms with van der Waals surface area (Å²) in [5, 5.41) is 13.7. The second-order valence-electron chi connectivity index (χ2n) is 7.39. The Bertz CT molecular complexity index is 1290. The highest BCUT2D eigenvalue weighted by Crippen LogP contribution is 2.36. The van der Waals surface area contributed by atoms with Crippen molar-refractivity contribution in [2.75, 3.05) is 13.7 Å². The Hall–Kier alpha value is -2.95. The van der Waals surface area contributed by atoms with E-state index in [1.165, 1.54) is 16.7 Å². The molecule has 7 nitrogen and oxygen atoms in total. The van der Waals surface area contributed by atoms with Gasteiger partial charge in [0.25, 0.3) is 5.91 Å². The number of thioether (sulfide) groups is 1. The molecule has 0 aliphatic carbocycles. The number of benzene rings is 2. The molecule has 1 amide bonds. The van der Waals surface area contributed by atoms with Gasteiger partial charge in [-0.3, -0.25) is 14.5 Å². The third-order valence-electron chi connectivity index (χ3n) is 5.12. The number of carbonyl (C=O) groups is 2. The Morgan fingerprint density at radius 1 is 1.26 bits per heavy atom. The van der Waals surface area contributed by atoms with Crippen LogP contribution in [0.1, 0.15) is 18.4 Å². The smallest absolute Gasteiger partial charge is 0.303 e. The summed E-state index contributed by atoms with van der Waals surface area (Å²) in [6.45, 7) is 0.274. The average Bonchev–Trinajstić information content (AvgIpc) is 3.36. The molecule has 2 aromatic carbocycles. The molecule has 1 saturated heterocycles. The van der Waals surface area contributed by atoms with Crippen LogP contribution in [0.4, 0.5) is 0 Å². The zero-order chi connectivity index (χ0) is 24.2. The molecule has 10 heteroatoms. The SMILES string of the molecule is COc1ccc(-c2nn(-c3ccccc3)cc2/C=C2\SC(=S)N(CCCC(=O)O)C2=O)cc1Br. The van der Waals surface area contributed by atoms with E-state index in [1.807, 2.05) is 54.7 Å². The molecular formula is C24H20BrN3O4S2.